The van der Waals surface area contributed by atoms with E-state index in [2.05, 4.69) is 22.9 Å². The largest absolute Gasteiger partial charge is 0.494 e. The Kier molecular flexibility index (Phi) is 5.03. The molecule has 3 aromatic rings. The highest BCUT2D eigenvalue weighted by molar-refractivity contribution is 6.08. The fourth-order valence-electron chi connectivity index (χ4n) is 3.43. The molecule has 1 aromatic heterocycles. The van der Waals surface area contributed by atoms with Crippen molar-refractivity contribution in [3.05, 3.63) is 58.8 Å². The number of carbonyl (C=O) groups excluding carboxylic acids is 1. The van der Waals surface area contributed by atoms with Gasteiger partial charge in [0.15, 0.2) is 0 Å². The van der Waals surface area contributed by atoms with Gasteiger partial charge in [-0.25, -0.2) is 0 Å². The fraction of sp³-hybridized carbons (Fsp3) is 0.318. The van der Waals surface area contributed by atoms with Gasteiger partial charge in [-0.15, -0.1) is 0 Å². The molecule has 4 nitrogen and oxygen atoms in total. The van der Waals surface area contributed by atoms with Gasteiger partial charge in [0, 0.05) is 23.1 Å². The highest BCUT2D eigenvalue weighted by Gasteiger charge is 2.20. The Morgan fingerprint density at radius 3 is 2.54 bits per heavy atom. The van der Waals surface area contributed by atoms with E-state index in [0.717, 1.165) is 45.6 Å². The van der Waals surface area contributed by atoms with E-state index in [4.69, 9.17) is 4.74 Å². The van der Waals surface area contributed by atoms with E-state index >= 15 is 0 Å². The van der Waals surface area contributed by atoms with E-state index in [1.54, 1.807) is 0 Å². The van der Waals surface area contributed by atoms with E-state index in [0.29, 0.717) is 12.3 Å². The van der Waals surface area contributed by atoms with Crippen LogP contribution in [0.2, 0.25) is 0 Å². The number of hydrogen-bond acceptors (Lipinski definition) is 2. The van der Waals surface area contributed by atoms with E-state index < -0.39 is 0 Å². The molecule has 0 spiro atoms. The standard InChI is InChI=1S/C22H26N2O2/c1-6-24-20-11-10-17(26-7-2)13-18(20)16(5)21(24)22(25)23-19-12-14(3)8-9-15(19)4/h8-13H,6-7H2,1-5H3,(H,23,25). The zero-order chi connectivity index (χ0) is 18.8. The molecule has 4 heteroatoms. The van der Waals surface area contributed by atoms with Crippen LogP contribution in [0, 0.1) is 20.8 Å². The number of fused-ring (bicyclic) bond motifs is 1. The van der Waals surface area contributed by atoms with Crippen molar-refractivity contribution in [2.45, 2.75) is 41.2 Å². The van der Waals surface area contributed by atoms with Crippen LogP contribution in [0.1, 0.15) is 41.0 Å². The fourth-order valence-corrected chi connectivity index (χ4v) is 3.43. The summed E-state index contributed by atoms with van der Waals surface area (Å²) in [7, 11) is 0. The summed E-state index contributed by atoms with van der Waals surface area (Å²) in [6.07, 6.45) is 0. The molecule has 0 saturated heterocycles. The van der Waals surface area contributed by atoms with Crippen LogP contribution in [0.25, 0.3) is 10.9 Å². The first-order valence-corrected chi connectivity index (χ1v) is 9.10. The zero-order valence-corrected chi connectivity index (χ0v) is 16.1. The second-order valence-electron chi connectivity index (χ2n) is 6.60. The van der Waals surface area contributed by atoms with Crippen LogP contribution in [0.3, 0.4) is 0 Å². The lowest BCUT2D eigenvalue weighted by atomic mass is 10.1. The van der Waals surface area contributed by atoms with E-state index in [9.17, 15) is 4.79 Å². The molecule has 3 rings (SSSR count). The monoisotopic (exact) mass is 350 g/mol. The van der Waals surface area contributed by atoms with Gasteiger partial charge in [-0.3, -0.25) is 4.79 Å². The zero-order valence-electron chi connectivity index (χ0n) is 16.1. The Morgan fingerprint density at radius 2 is 1.85 bits per heavy atom. The molecule has 0 aliphatic rings. The maximum Gasteiger partial charge on any atom is 0.272 e. The van der Waals surface area contributed by atoms with Crippen molar-refractivity contribution in [1.29, 1.82) is 0 Å². The van der Waals surface area contributed by atoms with Gasteiger partial charge in [-0.1, -0.05) is 12.1 Å². The van der Waals surface area contributed by atoms with Gasteiger partial charge in [-0.2, -0.15) is 0 Å². The predicted octanol–water partition coefficient (Wildman–Crippen LogP) is 5.24. The molecule has 136 valence electrons. The number of nitrogens with zero attached hydrogens (tertiary/aromatic N) is 1. The first kappa shape index (κ1) is 18.1. The Labute approximate surface area is 154 Å². The summed E-state index contributed by atoms with van der Waals surface area (Å²) in [4.78, 5) is 13.1. The predicted molar refractivity (Wildman–Crippen MR) is 107 cm³/mol. The average molecular weight is 350 g/mol. The second kappa shape index (κ2) is 7.24. The van der Waals surface area contributed by atoms with E-state index in [-0.39, 0.29) is 5.91 Å². The Bertz CT molecular complexity index is 970. The van der Waals surface area contributed by atoms with Crippen molar-refractivity contribution in [1.82, 2.24) is 4.57 Å². The normalized spacial score (nSPS) is 11.0. The summed E-state index contributed by atoms with van der Waals surface area (Å²) in [6.45, 7) is 11.4. The van der Waals surface area contributed by atoms with Crippen LogP contribution >= 0.6 is 0 Å². The minimum Gasteiger partial charge on any atom is -0.494 e. The minimum atomic E-state index is -0.0767. The Balaban J connectivity index is 2.07. The number of anilines is 1. The Morgan fingerprint density at radius 1 is 1.08 bits per heavy atom. The summed E-state index contributed by atoms with van der Waals surface area (Å²) in [5.41, 5.74) is 5.78. The number of rotatable bonds is 5. The third kappa shape index (κ3) is 3.19. The lowest BCUT2D eigenvalue weighted by molar-refractivity contribution is 0.101. The molecule has 0 fully saturated rings. The molecule has 0 saturated carbocycles. The topological polar surface area (TPSA) is 43.3 Å². The molecule has 26 heavy (non-hydrogen) atoms. The number of ether oxygens (including phenoxy) is 1. The van der Waals surface area contributed by atoms with Crippen LogP contribution < -0.4 is 10.1 Å². The minimum absolute atomic E-state index is 0.0767. The molecule has 0 radical (unpaired) electrons. The molecule has 2 aromatic carbocycles. The summed E-state index contributed by atoms with van der Waals surface area (Å²) in [6, 6.07) is 12.1. The lowest BCUT2D eigenvalue weighted by Crippen LogP contribution is -2.18. The number of benzene rings is 2. The highest BCUT2D eigenvalue weighted by Crippen LogP contribution is 2.30. The van der Waals surface area contributed by atoms with Gasteiger partial charge in [0.1, 0.15) is 11.4 Å². The van der Waals surface area contributed by atoms with Gasteiger partial charge in [-0.05, 0) is 75.6 Å². The van der Waals surface area contributed by atoms with Gasteiger partial charge < -0.3 is 14.6 Å². The Hall–Kier alpha value is -2.75. The number of amides is 1. The lowest BCUT2D eigenvalue weighted by Gasteiger charge is -2.12. The van der Waals surface area contributed by atoms with Gasteiger partial charge in [0.05, 0.1) is 6.61 Å². The highest BCUT2D eigenvalue weighted by atomic mass is 16.5. The van der Waals surface area contributed by atoms with Gasteiger partial charge in [0.25, 0.3) is 5.91 Å². The maximum absolute atomic E-state index is 13.1. The van der Waals surface area contributed by atoms with Crippen molar-refractivity contribution in [3.8, 4) is 5.75 Å². The number of carbonyl (C=O) groups is 1. The number of aromatic nitrogens is 1. The SMILES string of the molecule is CCOc1ccc2c(c1)c(C)c(C(=O)Nc1cc(C)ccc1C)n2CC. The van der Waals surface area contributed by atoms with Crippen molar-refractivity contribution in [2.24, 2.45) is 0 Å². The van der Waals surface area contributed by atoms with E-state index in [1.807, 2.05) is 58.0 Å². The summed E-state index contributed by atoms with van der Waals surface area (Å²) in [5, 5.41) is 4.15. The van der Waals surface area contributed by atoms with Gasteiger partial charge in [0.2, 0.25) is 0 Å². The van der Waals surface area contributed by atoms with E-state index in [1.165, 1.54) is 0 Å². The van der Waals surface area contributed by atoms with Crippen molar-refractivity contribution < 1.29 is 9.53 Å². The van der Waals surface area contributed by atoms with Gasteiger partial charge >= 0.3 is 0 Å². The molecule has 1 amide bonds. The molecular weight excluding hydrogens is 324 g/mol. The van der Waals surface area contributed by atoms with Crippen LogP contribution in [-0.4, -0.2) is 17.1 Å². The molecule has 1 heterocycles. The molecule has 0 unspecified atom stereocenters. The van der Waals surface area contributed by atoms with Crippen LogP contribution in [-0.2, 0) is 6.54 Å². The molecule has 1 N–H and O–H groups in total. The summed E-state index contributed by atoms with van der Waals surface area (Å²) >= 11 is 0. The molecule has 0 aliphatic carbocycles. The van der Waals surface area contributed by atoms with Crippen LogP contribution in [0.5, 0.6) is 5.75 Å². The third-order valence-electron chi connectivity index (χ3n) is 4.77. The molecule has 0 bridgehead atoms. The number of aryl methyl sites for hydroxylation is 4. The van der Waals surface area contributed by atoms with Crippen LogP contribution in [0.15, 0.2) is 36.4 Å². The van der Waals surface area contributed by atoms with Crippen LogP contribution in [0.4, 0.5) is 5.69 Å². The number of nitrogens with one attached hydrogen (secondary N) is 1. The number of hydrogen-bond donors (Lipinski definition) is 1. The van der Waals surface area contributed by atoms with Crippen molar-refractivity contribution >= 4 is 22.5 Å². The smallest absolute Gasteiger partial charge is 0.272 e. The first-order chi connectivity index (χ1) is 12.5. The summed E-state index contributed by atoms with van der Waals surface area (Å²) < 4.78 is 7.70. The van der Waals surface area contributed by atoms with Crippen molar-refractivity contribution in [3.63, 3.8) is 0 Å². The second-order valence-corrected chi connectivity index (χ2v) is 6.60. The quantitative estimate of drug-likeness (QED) is 0.684. The maximum atomic E-state index is 13.1. The van der Waals surface area contributed by atoms with Crippen molar-refractivity contribution in [2.75, 3.05) is 11.9 Å². The third-order valence-corrected chi connectivity index (χ3v) is 4.77. The molecule has 0 aliphatic heterocycles. The molecular formula is C22H26N2O2. The summed E-state index contributed by atoms with van der Waals surface area (Å²) in [5.74, 6) is 0.755. The first-order valence-electron chi connectivity index (χ1n) is 9.10. The molecule has 0 atom stereocenters. The average Bonchev–Trinajstić information content (AvgIpc) is 2.90.